The van der Waals surface area contributed by atoms with Crippen LogP contribution in [0.25, 0.3) is 0 Å². The molecule has 0 N–H and O–H groups in total. The Hall–Kier alpha value is -1.63. The molecule has 0 unspecified atom stereocenters. The first kappa shape index (κ1) is 17.8. The minimum atomic E-state index is 0.368. The van der Waals surface area contributed by atoms with E-state index < -0.39 is 0 Å². The van der Waals surface area contributed by atoms with Crippen LogP contribution >= 0.6 is 0 Å². The highest BCUT2D eigenvalue weighted by atomic mass is 16.5. The molecule has 1 atom stereocenters. The van der Waals surface area contributed by atoms with Crippen molar-refractivity contribution in [3.63, 3.8) is 0 Å². The molecular weight excluding hydrogens is 330 g/mol. The van der Waals surface area contributed by atoms with E-state index in [1.165, 1.54) is 16.8 Å². The number of aromatic nitrogens is 2. The largest absolute Gasteiger partial charge is 0.472 e. The van der Waals surface area contributed by atoms with Crippen molar-refractivity contribution in [3.05, 3.63) is 41.6 Å². The van der Waals surface area contributed by atoms with Crippen LogP contribution < -0.4 is 0 Å². The van der Waals surface area contributed by atoms with Gasteiger partial charge in [0.25, 0.3) is 0 Å². The van der Waals surface area contributed by atoms with Crippen molar-refractivity contribution in [1.82, 2.24) is 14.7 Å². The summed E-state index contributed by atoms with van der Waals surface area (Å²) >= 11 is 0. The molecule has 0 bridgehead atoms. The Morgan fingerprint density at radius 2 is 2.19 bits per heavy atom. The molecule has 26 heavy (non-hydrogen) atoms. The third kappa shape index (κ3) is 4.03. The van der Waals surface area contributed by atoms with Gasteiger partial charge in [-0.2, -0.15) is 5.10 Å². The van der Waals surface area contributed by atoms with E-state index >= 15 is 0 Å². The fraction of sp³-hybridized carbons (Fsp3) is 0.650. The highest BCUT2D eigenvalue weighted by molar-refractivity contribution is 5.26. The summed E-state index contributed by atoms with van der Waals surface area (Å²) in [6, 6.07) is 2.04. The van der Waals surface area contributed by atoms with Crippen molar-refractivity contribution in [1.29, 1.82) is 0 Å². The van der Waals surface area contributed by atoms with Crippen LogP contribution in [-0.4, -0.2) is 47.7 Å². The fourth-order valence-electron chi connectivity index (χ4n) is 4.20. The van der Waals surface area contributed by atoms with Gasteiger partial charge >= 0.3 is 0 Å². The number of ether oxygens (including phenoxy) is 2. The molecule has 4 heterocycles. The predicted molar refractivity (Wildman–Crippen MR) is 97.8 cm³/mol. The number of rotatable bonds is 7. The second kappa shape index (κ2) is 8.37. The van der Waals surface area contributed by atoms with Crippen LogP contribution in [0.4, 0.5) is 0 Å². The van der Waals surface area contributed by atoms with Crippen molar-refractivity contribution in [3.8, 4) is 0 Å². The second-order valence-electron chi connectivity index (χ2n) is 7.45. The Morgan fingerprint density at radius 3 is 2.96 bits per heavy atom. The summed E-state index contributed by atoms with van der Waals surface area (Å²) in [6.07, 6.45) is 7.92. The zero-order valence-corrected chi connectivity index (χ0v) is 15.6. The number of fused-ring (bicyclic) bond motifs is 1. The lowest BCUT2D eigenvalue weighted by Crippen LogP contribution is -2.36. The maximum atomic E-state index is 5.82. The lowest BCUT2D eigenvalue weighted by molar-refractivity contribution is 0.0586. The van der Waals surface area contributed by atoms with Crippen molar-refractivity contribution in [2.45, 2.75) is 45.3 Å². The first-order valence-electron chi connectivity index (χ1n) is 9.77. The summed E-state index contributed by atoms with van der Waals surface area (Å²) < 4.78 is 18.8. The van der Waals surface area contributed by atoms with Gasteiger partial charge in [-0.05, 0) is 31.7 Å². The van der Waals surface area contributed by atoms with E-state index in [0.717, 1.165) is 65.4 Å². The van der Waals surface area contributed by atoms with Gasteiger partial charge in [-0.3, -0.25) is 9.58 Å². The van der Waals surface area contributed by atoms with E-state index in [0.29, 0.717) is 11.8 Å². The number of hydrogen-bond donors (Lipinski definition) is 0. The molecule has 1 saturated heterocycles. The average Bonchev–Trinajstić information content (AvgIpc) is 3.31. The molecule has 0 saturated carbocycles. The summed E-state index contributed by atoms with van der Waals surface area (Å²) in [5, 5.41) is 4.76. The molecule has 2 aliphatic rings. The van der Waals surface area contributed by atoms with Crippen LogP contribution in [0.5, 0.6) is 0 Å². The molecule has 6 nitrogen and oxygen atoms in total. The fourth-order valence-corrected chi connectivity index (χ4v) is 4.20. The lowest BCUT2D eigenvalue weighted by Gasteiger charge is -2.33. The highest BCUT2D eigenvalue weighted by Crippen LogP contribution is 2.31. The van der Waals surface area contributed by atoms with Crippen molar-refractivity contribution in [2.24, 2.45) is 5.92 Å². The summed E-state index contributed by atoms with van der Waals surface area (Å²) in [4.78, 5) is 2.47. The molecule has 4 rings (SSSR count). The first-order valence-corrected chi connectivity index (χ1v) is 9.77. The zero-order valence-electron chi connectivity index (χ0n) is 15.6. The molecule has 0 spiro atoms. The van der Waals surface area contributed by atoms with E-state index in [2.05, 4.69) is 22.7 Å². The van der Waals surface area contributed by atoms with Crippen LogP contribution in [-0.2, 0) is 29.1 Å². The van der Waals surface area contributed by atoms with Gasteiger partial charge in [0.1, 0.15) is 0 Å². The molecule has 2 aromatic rings. The van der Waals surface area contributed by atoms with Gasteiger partial charge in [0.15, 0.2) is 0 Å². The summed E-state index contributed by atoms with van der Waals surface area (Å²) in [5.74, 6) is 1.04. The van der Waals surface area contributed by atoms with Crippen LogP contribution in [0.1, 0.15) is 42.5 Å². The average molecular weight is 359 g/mol. The number of furan rings is 1. The molecule has 0 amide bonds. The Morgan fingerprint density at radius 1 is 1.31 bits per heavy atom. The minimum Gasteiger partial charge on any atom is -0.472 e. The zero-order chi connectivity index (χ0) is 17.8. The van der Waals surface area contributed by atoms with Gasteiger partial charge in [-0.1, -0.05) is 0 Å². The van der Waals surface area contributed by atoms with Crippen LogP contribution in [0.2, 0.25) is 0 Å². The highest BCUT2D eigenvalue weighted by Gasteiger charge is 2.30. The summed E-state index contributed by atoms with van der Waals surface area (Å²) in [5.41, 5.74) is 3.95. The van der Waals surface area contributed by atoms with Crippen molar-refractivity contribution >= 4 is 0 Å². The van der Waals surface area contributed by atoms with Crippen LogP contribution in [0, 0.1) is 5.92 Å². The van der Waals surface area contributed by atoms with Gasteiger partial charge in [0, 0.05) is 68.7 Å². The first-order chi connectivity index (χ1) is 12.8. The van der Waals surface area contributed by atoms with Crippen molar-refractivity contribution < 1.29 is 13.9 Å². The summed E-state index contributed by atoms with van der Waals surface area (Å²) in [7, 11) is 0. The Balaban J connectivity index is 1.51. The maximum Gasteiger partial charge on any atom is 0.0947 e. The molecule has 0 radical (unpaired) electrons. The molecule has 2 aliphatic heterocycles. The van der Waals surface area contributed by atoms with Crippen LogP contribution in [0.3, 0.4) is 0 Å². The maximum absolute atomic E-state index is 5.82. The number of hydrogen-bond acceptors (Lipinski definition) is 5. The van der Waals surface area contributed by atoms with Crippen LogP contribution in [0.15, 0.2) is 29.2 Å². The standard InChI is InChI=1S/C20H29N3O3/c1-2-24-15-19-13-22(10-17-5-8-26-14-17)12-18-9-21-23(20(18)19)11-16-3-6-25-7-4-16/h5,8-9,14,16,19H,2-4,6-7,10-13,15H2,1H3/t19-/m1/s1. The molecule has 142 valence electrons. The molecule has 6 heteroatoms. The molecule has 2 aromatic heterocycles. The molecular formula is C20H29N3O3. The van der Waals surface area contributed by atoms with E-state index in [9.17, 15) is 0 Å². The third-order valence-corrected chi connectivity index (χ3v) is 5.50. The van der Waals surface area contributed by atoms with E-state index in [4.69, 9.17) is 19.0 Å². The molecule has 0 aliphatic carbocycles. The topological polar surface area (TPSA) is 52.7 Å². The van der Waals surface area contributed by atoms with Gasteiger partial charge in [-0.25, -0.2) is 0 Å². The third-order valence-electron chi connectivity index (χ3n) is 5.50. The minimum absolute atomic E-state index is 0.368. The SMILES string of the molecule is CCOC[C@H]1CN(Cc2ccoc2)Cc2cnn(CC3CCOCC3)c21. The van der Waals surface area contributed by atoms with Gasteiger partial charge in [-0.15, -0.1) is 0 Å². The monoisotopic (exact) mass is 359 g/mol. The number of nitrogens with zero attached hydrogens (tertiary/aromatic N) is 3. The summed E-state index contributed by atoms with van der Waals surface area (Å²) in [6.45, 7) is 9.18. The second-order valence-corrected chi connectivity index (χ2v) is 7.45. The van der Waals surface area contributed by atoms with E-state index in [1.54, 1.807) is 6.26 Å². The Labute approximate surface area is 155 Å². The lowest BCUT2D eigenvalue weighted by atomic mass is 9.95. The smallest absolute Gasteiger partial charge is 0.0947 e. The van der Waals surface area contributed by atoms with Crippen molar-refractivity contribution in [2.75, 3.05) is 33.0 Å². The normalized spacial score (nSPS) is 21.8. The molecule has 0 aromatic carbocycles. The predicted octanol–water partition coefficient (Wildman–Crippen LogP) is 3.04. The molecule has 1 fully saturated rings. The quantitative estimate of drug-likeness (QED) is 0.761. The van der Waals surface area contributed by atoms with E-state index in [-0.39, 0.29) is 0 Å². The van der Waals surface area contributed by atoms with Gasteiger partial charge < -0.3 is 13.9 Å². The van der Waals surface area contributed by atoms with Gasteiger partial charge in [0.2, 0.25) is 0 Å². The van der Waals surface area contributed by atoms with Gasteiger partial charge in [0.05, 0.1) is 25.3 Å². The Bertz CT molecular complexity index is 677. The Kier molecular flexibility index (Phi) is 5.72. The van der Waals surface area contributed by atoms with E-state index in [1.807, 2.05) is 12.3 Å².